The largest absolute Gasteiger partial charge is 0.450 e. The van der Waals surface area contributed by atoms with Crippen LogP contribution in [0.15, 0.2) is 53.3 Å². The third kappa shape index (κ3) is 5.12. The number of fused-ring (bicyclic) bond motifs is 1. The number of nitrogens with one attached hydrogen (secondary N) is 1. The van der Waals surface area contributed by atoms with Crippen LogP contribution in [0.2, 0.25) is 5.02 Å². The summed E-state index contributed by atoms with van der Waals surface area (Å²) in [4.78, 5) is 44.9. The Morgan fingerprint density at radius 1 is 1.12 bits per heavy atom. The Morgan fingerprint density at radius 3 is 2.50 bits per heavy atom. The van der Waals surface area contributed by atoms with Crippen LogP contribution >= 0.6 is 11.6 Å². The maximum Gasteiger partial charge on any atom is 0.410 e. The van der Waals surface area contributed by atoms with Crippen molar-refractivity contribution in [1.29, 1.82) is 0 Å². The number of benzene rings is 2. The van der Waals surface area contributed by atoms with Gasteiger partial charge in [0.25, 0.3) is 5.56 Å². The van der Waals surface area contributed by atoms with Crippen LogP contribution in [0.4, 0.5) is 10.5 Å². The van der Waals surface area contributed by atoms with Crippen molar-refractivity contribution in [1.82, 2.24) is 14.5 Å². The number of rotatable bonds is 5. The summed E-state index contributed by atoms with van der Waals surface area (Å²) in [5.74, 6) is 0.0178. The summed E-state index contributed by atoms with van der Waals surface area (Å²) in [5.41, 5.74) is 3.10. The fourth-order valence-electron chi connectivity index (χ4n) is 3.84. The number of nitrogens with zero attached hydrogens (tertiary/aromatic N) is 3. The van der Waals surface area contributed by atoms with Crippen LogP contribution in [0.3, 0.4) is 0 Å². The van der Waals surface area contributed by atoms with Gasteiger partial charge in [0.2, 0.25) is 5.91 Å². The van der Waals surface area contributed by atoms with E-state index in [9.17, 15) is 14.4 Å². The Hall–Kier alpha value is -3.65. The van der Waals surface area contributed by atoms with Gasteiger partial charge in [0.05, 0.1) is 18.8 Å². The van der Waals surface area contributed by atoms with Gasteiger partial charge in [0.15, 0.2) is 0 Å². The van der Waals surface area contributed by atoms with Crippen molar-refractivity contribution in [3.8, 4) is 11.4 Å². The summed E-state index contributed by atoms with van der Waals surface area (Å²) < 4.78 is 6.51. The topological polar surface area (TPSA) is 93.5 Å². The molecule has 0 fully saturated rings. The number of ether oxygens (including phenoxy) is 1. The summed E-state index contributed by atoms with van der Waals surface area (Å²) in [7, 11) is 0. The second-order valence-electron chi connectivity index (χ2n) is 8.04. The number of carbonyl (C=O) groups is 2. The van der Waals surface area contributed by atoms with Gasteiger partial charge in [-0.05, 0) is 44.5 Å². The van der Waals surface area contributed by atoms with E-state index in [0.717, 1.165) is 5.56 Å². The van der Waals surface area contributed by atoms with Crippen molar-refractivity contribution in [2.45, 2.75) is 33.4 Å². The molecule has 2 heterocycles. The van der Waals surface area contributed by atoms with E-state index in [4.69, 9.17) is 21.3 Å². The predicted octanol–water partition coefficient (Wildman–Crippen LogP) is 4.03. The van der Waals surface area contributed by atoms with Crippen LogP contribution in [-0.2, 0) is 29.0 Å². The monoisotopic (exact) mass is 480 g/mol. The van der Waals surface area contributed by atoms with Gasteiger partial charge in [-0.1, -0.05) is 41.4 Å². The fourth-order valence-corrected chi connectivity index (χ4v) is 3.97. The Labute approximate surface area is 202 Å². The number of aromatic nitrogens is 2. The van der Waals surface area contributed by atoms with E-state index in [2.05, 4.69) is 5.32 Å². The van der Waals surface area contributed by atoms with E-state index < -0.39 is 6.09 Å². The molecule has 1 aliphatic rings. The lowest BCUT2D eigenvalue weighted by molar-refractivity contribution is -0.116. The second-order valence-corrected chi connectivity index (χ2v) is 8.48. The van der Waals surface area contributed by atoms with Gasteiger partial charge in [-0.15, -0.1) is 0 Å². The molecule has 176 valence electrons. The molecule has 0 saturated carbocycles. The van der Waals surface area contributed by atoms with Crippen LogP contribution in [-0.4, -0.2) is 39.6 Å². The quantitative estimate of drug-likeness (QED) is 0.595. The molecular weight excluding hydrogens is 456 g/mol. The predicted molar refractivity (Wildman–Crippen MR) is 130 cm³/mol. The van der Waals surface area contributed by atoms with Crippen LogP contribution < -0.4 is 10.9 Å². The van der Waals surface area contributed by atoms with Crippen molar-refractivity contribution in [3.05, 3.63) is 80.7 Å². The van der Waals surface area contributed by atoms with Crippen LogP contribution in [0.25, 0.3) is 11.4 Å². The highest BCUT2D eigenvalue weighted by Crippen LogP contribution is 2.22. The maximum atomic E-state index is 13.5. The average Bonchev–Trinajstić information content (AvgIpc) is 2.82. The number of amides is 2. The molecule has 1 N–H and O–H groups in total. The molecule has 8 nitrogen and oxygen atoms in total. The SMILES string of the molecule is CCOC(=O)N1CCc2c(nc(-c3ccc(C)cc3)n(CC(=O)Nc3ccc(Cl)cc3)c2=O)C1. The summed E-state index contributed by atoms with van der Waals surface area (Å²) >= 11 is 5.91. The van der Waals surface area contributed by atoms with Crippen LogP contribution in [0.1, 0.15) is 23.7 Å². The van der Waals surface area contributed by atoms with E-state index in [0.29, 0.717) is 46.3 Å². The molecule has 0 atom stereocenters. The highest BCUT2D eigenvalue weighted by Gasteiger charge is 2.27. The Kier molecular flexibility index (Phi) is 6.98. The van der Waals surface area contributed by atoms with Gasteiger partial charge in [-0.25, -0.2) is 9.78 Å². The zero-order chi connectivity index (χ0) is 24.2. The van der Waals surface area contributed by atoms with E-state index in [-0.39, 0.29) is 31.2 Å². The van der Waals surface area contributed by atoms with Crippen LogP contribution in [0, 0.1) is 6.92 Å². The van der Waals surface area contributed by atoms with Crippen molar-refractivity contribution in [3.63, 3.8) is 0 Å². The van der Waals surface area contributed by atoms with Crippen molar-refractivity contribution in [2.24, 2.45) is 0 Å². The average molecular weight is 481 g/mol. The first-order valence-electron chi connectivity index (χ1n) is 11.0. The molecule has 1 aromatic heterocycles. The fraction of sp³-hybridized carbons (Fsp3) is 0.280. The lowest BCUT2D eigenvalue weighted by atomic mass is 10.1. The first-order valence-corrected chi connectivity index (χ1v) is 11.4. The van der Waals surface area contributed by atoms with E-state index in [1.807, 2.05) is 31.2 Å². The van der Waals surface area contributed by atoms with Gasteiger partial charge in [0.1, 0.15) is 12.4 Å². The minimum absolute atomic E-state index is 0.181. The summed E-state index contributed by atoms with van der Waals surface area (Å²) in [6.45, 7) is 4.32. The molecule has 0 unspecified atom stereocenters. The number of halogens is 1. The number of aryl methyl sites for hydroxylation is 1. The highest BCUT2D eigenvalue weighted by atomic mass is 35.5. The highest BCUT2D eigenvalue weighted by molar-refractivity contribution is 6.30. The zero-order valence-corrected chi connectivity index (χ0v) is 19.8. The molecule has 0 aliphatic carbocycles. The van der Waals surface area contributed by atoms with Gasteiger partial charge < -0.3 is 15.0 Å². The third-order valence-corrected chi connectivity index (χ3v) is 5.84. The first-order chi connectivity index (χ1) is 16.4. The van der Waals surface area contributed by atoms with Crippen molar-refractivity contribution in [2.75, 3.05) is 18.5 Å². The van der Waals surface area contributed by atoms with Gasteiger partial charge in [0, 0.05) is 28.4 Å². The van der Waals surface area contributed by atoms with Gasteiger partial charge >= 0.3 is 6.09 Å². The smallest absolute Gasteiger partial charge is 0.410 e. The number of carbonyl (C=O) groups excluding carboxylic acids is 2. The molecule has 34 heavy (non-hydrogen) atoms. The Morgan fingerprint density at radius 2 is 1.82 bits per heavy atom. The zero-order valence-electron chi connectivity index (χ0n) is 19.0. The van der Waals surface area contributed by atoms with Crippen LogP contribution in [0.5, 0.6) is 0 Å². The number of hydrogen-bond donors (Lipinski definition) is 1. The molecule has 0 spiro atoms. The Bertz CT molecular complexity index is 1270. The van der Waals surface area contributed by atoms with Crippen molar-refractivity contribution >= 4 is 29.3 Å². The van der Waals surface area contributed by atoms with E-state index >= 15 is 0 Å². The minimum Gasteiger partial charge on any atom is -0.450 e. The summed E-state index contributed by atoms with van der Waals surface area (Å²) in [6.07, 6.45) is -0.0918. The number of hydrogen-bond acceptors (Lipinski definition) is 5. The minimum atomic E-state index is -0.432. The normalized spacial score (nSPS) is 12.7. The third-order valence-electron chi connectivity index (χ3n) is 5.59. The molecule has 2 aromatic carbocycles. The van der Waals surface area contributed by atoms with Gasteiger partial charge in [-0.3, -0.25) is 14.2 Å². The lowest BCUT2D eigenvalue weighted by Crippen LogP contribution is -2.42. The molecule has 1 aliphatic heterocycles. The van der Waals surface area contributed by atoms with E-state index in [1.54, 1.807) is 31.2 Å². The molecular formula is C25H25ClN4O4. The molecule has 2 amide bonds. The molecule has 0 saturated heterocycles. The lowest BCUT2D eigenvalue weighted by Gasteiger charge is -2.28. The maximum absolute atomic E-state index is 13.5. The standard InChI is InChI=1S/C25H25ClN4O4/c1-3-34-25(33)29-13-12-20-21(14-29)28-23(17-6-4-16(2)5-7-17)30(24(20)32)15-22(31)27-19-10-8-18(26)9-11-19/h4-11H,3,12-15H2,1-2H3,(H,27,31). The molecule has 9 heteroatoms. The molecule has 4 rings (SSSR count). The van der Waals surface area contributed by atoms with Gasteiger partial charge in [-0.2, -0.15) is 0 Å². The molecule has 0 radical (unpaired) electrons. The summed E-state index contributed by atoms with van der Waals surface area (Å²) in [5, 5.41) is 3.36. The number of anilines is 1. The molecule has 3 aromatic rings. The summed E-state index contributed by atoms with van der Waals surface area (Å²) in [6, 6.07) is 14.3. The second kappa shape index (κ2) is 10.1. The molecule has 0 bridgehead atoms. The Balaban J connectivity index is 1.71. The first kappa shape index (κ1) is 23.5. The van der Waals surface area contributed by atoms with E-state index in [1.165, 1.54) is 9.47 Å². The van der Waals surface area contributed by atoms with Crippen molar-refractivity contribution < 1.29 is 14.3 Å².